The Kier molecular flexibility index (Phi) is 5.44. The molecule has 0 aromatic heterocycles. The minimum atomic E-state index is 0.700. The molecule has 0 amide bonds. The van der Waals surface area contributed by atoms with Crippen LogP contribution in [0.15, 0.2) is 36.5 Å². The van der Waals surface area contributed by atoms with Crippen LogP contribution >= 0.6 is 0 Å². The highest BCUT2D eigenvalue weighted by Gasteiger charge is 2.16. The Bertz CT molecular complexity index is 184. The average molecular weight is 164 g/mol. The molecule has 0 aromatic rings. The van der Waals surface area contributed by atoms with Crippen molar-refractivity contribution in [3.63, 3.8) is 0 Å². The van der Waals surface area contributed by atoms with Crippen LogP contribution in [-0.2, 0) is 0 Å². The maximum absolute atomic E-state index is 3.79. The number of hydrogen-bond donors (Lipinski definition) is 0. The Morgan fingerprint density at radius 3 is 2.17 bits per heavy atom. The molecule has 1 rings (SSSR count). The summed E-state index contributed by atoms with van der Waals surface area (Å²) in [7, 11) is 0. The summed E-state index contributed by atoms with van der Waals surface area (Å²) in [6, 6.07) is 0. The summed E-state index contributed by atoms with van der Waals surface area (Å²) >= 11 is 0. The van der Waals surface area contributed by atoms with Gasteiger partial charge in [0.1, 0.15) is 0 Å². The van der Waals surface area contributed by atoms with E-state index in [0.717, 1.165) is 0 Å². The van der Waals surface area contributed by atoms with Crippen molar-refractivity contribution in [3.8, 4) is 0 Å². The molecule has 0 aromatic carbocycles. The monoisotopic (exact) mass is 164 g/mol. The van der Waals surface area contributed by atoms with Crippen molar-refractivity contribution in [1.82, 2.24) is 0 Å². The Labute approximate surface area is 76.7 Å². The molecule has 0 heteroatoms. The van der Waals surface area contributed by atoms with Gasteiger partial charge in [0, 0.05) is 0 Å². The minimum Gasteiger partial charge on any atom is -0.0988 e. The zero-order valence-corrected chi connectivity index (χ0v) is 8.56. The Morgan fingerprint density at radius 2 is 1.83 bits per heavy atom. The van der Waals surface area contributed by atoms with Crippen LogP contribution in [-0.4, -0.2) is 0 Å². The summed E-state index contributed by atoms with van der Waals surface area (Å²) in [6.07, 6.45) is 6.38. The van der Waals surface area contributed by atoms with E-state index in [0.29, 0.717) is 5.92 Å². The highest BCUT2D eigenvalue weighted by atomic mass is 14.2. The van der Waals surface area contributed by atoms with Gasteiger partial charge in [0.15, 0.2) is 0 Å². The van der Waals surface area contributed by atoms with E-state index >= 15 is 0 Å². The Morgan fingerprint density at radius 1 is 1.25 bits per heavy atom. The van der Waals surface area contributed by atoms with Crippen LogP contribution in [0, 0.1) is 5.92 Å². The van der Waals surface area contributed by atoms with Crippen LogP contribution in [0.2, 0.25) is 0 Å². The van der Waals surface area contributed by atoms with Crippen LogP contribution in [0.3, 0.4) is 0 Å². The van der Waals surface area contributed by atoms with Crippen LogP contribution in [0.1, 0.15) is 33.6 Å². The quantitative estimate of drug-likeness (QED) is 0.576. The molecular weight excluding hydrogens is 144 g/mol. The number of rotatable bonds is 2. The van der Waals surface area contributed by atoms with E-state index in [9.17, 15) is 0 Å². The second-order valence-electron chi connectivity index (χ2n) is 2.83. The van der Waals surface area contributed by atoms with Gasteiger partial charge in [-0.1, -0.05) is 46.1 Å². The molecule has 1 aliphatic rings. The first-order valence-electron chi connectivity index (χ1n) is 4.77. The Balaban J connectivity index is 0.000000561. The molecular formula is C12H20. The maximum atomic E-state index is 3.79. The fraction of sp³-hybridized carbons (Fsp3) is 0.500. The highest BCUT2D eigenvalue weighted by molar-refractivity contribution is 5.36. The van der Waals surface area contributed by atoms with Crippen LogP contribution in [0.5, 0.6) is 0 Å². The number of allylic oxidation sites excluding steroid dienone is 4. The summed E-state index contributed by atoms with van der Waals surface area (Å²) in [5.74, 6) is 0.700. The summed E-state index contributed by atoms with van der Waals surface area (Å²) in [5, 5.41) is 0. The van der Waals surface area contributed by atoms with Crippen molar-refractivity contribution in [1.29, 1.82) is 0 Å². The van der Waals surface area contributed by atoms with Gasteiger partial charge in [-0.15, -0.1) is 0 Å². The molecule has 1 unspecified atom stereocenters. The summed E-state index contributed by atoms with van der Waals surface area (Å²) in [5.41, 5.74) is 2.79. The Hall–Kier alpha value is -0.780. The predicted octanol–water partition coefficient (Wildman–Crippen LogP) is 4.11. The maximum Gasteiger partial charge on any atom is -0.0185 e. The van der Waals surface area contributed by atoms with E-state index in [-0.39, 0.29) is 0 Å². The van der Waals surface area contributed by atoms with Gasteiger partial charge in [0.05, 0.1) is 0 Å². The molecule has 0 aliphatic heterocycles. The summed E-state index contributed by atoms with van der Waals surface area (Å²) in [6.45, 7) is 13.8. The molecule has 0 heterocycles. The fourth-order valence-electron chi connectivity index (χ4n) is 1.54. The molecule has 12 heavy (non-hydrogen) atoms. The van der Waals surface area contributed by atoms with Crippen molar-refractivity contribution >= 4 is 0 Å². The van der Waals surface area contributed by atoms with Crippen LogP contribution < -0.4 is 0 Å². The van der Waals surface area contributed by atoms with Gasteiger partial charge < -0.3 is 0 Å². The first kappa shape index (κ1) is 11.2. The topological polar surface area (TPSA) is 0 Å². The molecule has 0 nitrogen and oxygen atoms in total. The van der Waals surface area contributed by atoms with Gasteiger partial charge in [0.2, 0.25) is 0 Å². The lowest BCUT2D eigenvalue weighted by atomic mass is 10.0. The van der Waals surface area contributed by atoms with E-state index in [1.54, 1.807) is 0 Å². The third-order valence-corrected chi connectivity index (χ3v) is 2.21. The van der Waals surface area contributed by atoms with E-state index < -0.39 is 0 Å². The van der Waals surface area contributed by atoms with E-state index in [1.807, 2.05) is 26.0 Å². The minimum absolute atomic E-state index is 0.700. The lowest BCUT2D eigenvalue weighted by molar-refractivity contribution is 0.680. The third-order valence-electron chi connectivity index (χ3n) is 2.21. The van der Waals surface area contributed by atoms with Gasteiger partial charge in [-0.05, 0) is 29.9 Å². The summed E-state index contributed by atoms with van der Waals surface area (Å²) < 4.78 is 0. The van der Waals surface area contributed by atoms with Gasteiger partial charge in [0.25, 0.3) is 0 Å². The molecule has 0 saturated carbocycles. The average Bonchev–Trinajstić information content (AvgIpc) is 2.49. The SMILES string of the molecule is C=CC1=C(C=C)C(C)CC1.CC. The van der Waals surface area contributed by atoms with E-state index in [2.05, 4.69) is 20.1 Å². The van der Waals surface area contributed by atoms with Crippen molar-refractivity contribution in [3.05, 3.63) is 36.5 Å². The van der Waals surface area contributed by atoms with E-state index in [4.69, 9.17) is 0 Å². The third kappa shape index (κ3) is 2.37. The van der Waals surface area contributed by atoms with Crippen LogP contribution in [0.25, 0.3) is 0 Å². The van der Waals surface area contributed by atoms with Gasteiger partial charge in [-0.3, -0.25) is 0 Å². The molecule has 0 saturated heterocycles. The zero-order chi connectivity index (χ0) is 9.56. The molecule has 68 valence electrons. The van der Waals surface area contributed by atoms with E-state index in [1.165, 1.54) is 24.0 Å². The van der Waals surface area contributed by atoms with Crippen molar-refractivity contribution in [2.45, 2.75) is 33.6 Å². The molecule has 0 radical (unpaired) electrons. The highest BCUT2D eigenvalue weighted by Crippen LogP contribution is 2.32. The van der Waals surface area contributed by atoms with Gasteiger partial charge >= 0.3 is 0 Å². The first-order valence-corrected chi connectivity index (χ1v) is 4.77. The second-order valence-corrected chi connectivity index (χ2v) is 2.83. The summed E-state index contributed by atoms with van der Waals surface area (Å²) in [4.78, 5) is 0. The van der Waals surface area contributed by atoms with Crippen molar-refractivity contribution in [2.75, 3.05) is 0 Å². The zero-order valence-electron chi connectivity index (χ0n) is 8.56. The van der Waals surface area contributed by atoms with Gasteiger partial charge in [-0.25, -0.2) is 0 Å². The smallest absolute Gasteiger partial charge is 0.0185 e. The second kappa shape index (κ2) is 5.82. The molecule has 0 N–H and O–H groups in total. The van der Waals surface area contributed by atoms with Crippen molar-refractivity contribution in [2.24, 2.45) is 5.92 Å². The number of hydrogen-bond acceptors (Lipinski definition) is 0. The molecule has 1 atom stereocenters. The predicted molar refractivity (Wildman–Crippen MR) is 57.2 cm³/mol. The molecule has 0 spiro atoms. The lowest BCUT2D eigenvalue weighted by Gasteiger charge is -2.02. The largest absolute Gasteiger partial charge is 0.0988 e. The lowest BCUT2D eigenvalue weighted by Crippen LogP contribution is -1.88. The van der Waals surface area contributed by atoms with Gasteiger partial charge in [-0.2, -0.15) is 0 Å². The van der Waals surface area contributed by atoms with Crippen molar-refractivity contribution < 1.29 is 0 Å². The fourth-order valence-corrected chi connectivity index (χ4v) is 1.54. The molecule has 0 fully saturated rings. The molecule has 1 aliphatic carbocycles. The molecule has 0 bridgehead atoms. The first-order chi connectivity index (χ1) is 5.79. The van der Waals surface area contributed by atoms with Crippen LogP contribution in [0.4, 0.5) is 0 Å². The standard InChI is InChI=1S/C10H14.C2H6/c1-4-9-7-6-8(3)10(9)5-2;1-2/h4-5,8H,1-2,6-7H2,3H3;1-2H3. The normalized spacial score (nSPS) is 21.4.